The first-order valence-electron chi connectivity index (χ1n) is 7.01. The van der Waals surface area contributed by atoms with E-state index in [2.05, 4.69) is 20.9 Å². The van der Waals surface area contributed by atoms with Crippen LogP contribution < -0.4 is 0 Å². The van der Waals surface area contributed by atoms with E-state index in [0.29, 0.717) is 11.6 Å². The summed E-state index contributed by atoms with van der Waals surface area (Å²) >= 11 is 3.46. The topological polar surface area (TPSA) is 33.2 Å². The molecular formula is C15H21BrN2O. The average Bonchev–Trinajstić information content (AvgIpc) is 2.45. The Morgan fingerprint density at radius 3 is 2.74 bits per heavy atom. The van der Waals surface area contributed by atoms with Crippen molar-refractivity contribution in [3.05, 3.63) is 29.6 Å². The zero-order valence-corrected chi connectivity index (χ0v) is 13.0. The van der Waals surface area contributed by atoms with Crippen molar-refractivity contribution in [2.45, 2.75) is 45.1 Å². The summed E-state index contributed by atoms with van der Waals surface area (Å²) in [5.41, 5.74) is 1.75. The van der Waals surface area contributed by atoms with Crippen LogP contribution in [0.4, 0.5) is 0 Å². The van der Waals surface area contributed by atoms with Crippen molar-refractivity contribution < 1.29 is 4.79 Å². The monoisotopic (exact) mass is 324 g/mol. The van der Waals surface area contributed by atoms with Gasteiger partial charge in [-0.05, 0) is 31.4 Å². The molecule has 1 heterocycles. The van der Waals surface area contributed by atoms with Crippen molar-refractivity contribution in [3.8, 4) is 0 Å². The van der Waals surface area contributed by atoms with Crippen molar-refractivity contribution in [2.24, 2.45) is 0 Å². The first kappa shape index (κ1) is 14.5. The van der Waals surface area contributed by atoms with Gasteiger partial charge in [-0.3, -0.25) is 9.78 Å². The maximum absolute atomic E-state index is 12.7. The van der Waals surface area contributed by atoms with Gasteiger partial charge in [0, 0.05) is 30.3 Å². The lowest BCUT2D eigenvalue weighted by molar-refractivity contribution is 0.0650. The Labute approximate surface area is 123 Å². The molecule has 3 nitrogen and oxygen atoms in total. The molecule has 1 saturated carbocycles. The minimum atomic E-state index is 0.127. The predicted octanol–water partition coefficient (Wildman–Crippen LogP) is 3.56. The SMILES string of the molecule is Cc1cncc(C(=O)N(CCBr)C2CCCCC2)c1. The Morgan fingerprint density at radius 2 is 2.11 bits per heavy atom. The van der Waals surface area contributed by atoms with Gasteiger partial charge in [0.2, 0.25) is 0 Å². The molecule has 1 aliphatic carbocycles. The van der Waals surface area contributed by atoms with E-state index in [4.69, 9.17) is 0 Å². The van der Waals surface area contributed by atoms with Gasteiger partial charge in [-0.2, -0.15) is 0 Å². The number of carbonyl (C=O) groups is 1. The number of hydrogen-bond acceptors (Lipinski definition) is 2. The molecule has 0 saturated heterocycles. The van der Waals surface area contributed by atoms with Crippen LogP contribution in [-0.2, 0) is 0 Å². The number of nitrogens with zero attached hydrogens (tertiary/aromatic N) is 2. The zero-order chi connectivity index (χ0) is 13.7. The van der Waals surface area contributed by atoms with Crippen molar-refractivity contribution in [2.75, 3.05) is 11.9 Å². The fourth-order valence-electron chi connectivity index (χ4n) is 2.77. The van der Waals surface area contributed by atoms with E-state index in [1.165, 1.54) is 19.3 Å². The van der Waals surface area contributed by atoms with Crippen LogP contribution in [0, 0.1) is 6.92 Å². The van der Waals surface area contributed by atoms with E-state index < -0.39 is 0 Å². The number of hydrogen-bond donors (Lipinski definition) is 0. The van der Waals surface area contributed by atoms with E-state index in [0.717, 1.165) is 30.3 Å². The van der Waals surface area contributed by atoms with Crippen LogP contribution in [0.25, 0.3) is 0 Å². The minimum absolute atomic E-state index is 0.127. The Kier molecular flexibility index (Phi) is 5.37. The van der Waals surface area contributed by atoms with Crippen molar-refractivity contribution in [1.29, 1.82) is 0 Å². The second-order valence-corrected chi connectivity index (χ2v) is 6.02. The molecule has 0 aliphatic heterocycles. The maximum Gasteiger partial charge on any atom is 0.255 e. The lowest BCUT2D eigenvalue weighted by atomic mass is 9.93. The first-order chi connectivity index (χ1) is 9.22. The highest BCUT2D eigenvalue weighted by atomic mass is 79.9. The molecule has 104 valence electrons. The lowest BCUT2D eigenvalue weighted by Gasteiger charge is -2.34. The number of alkyl halides is 1. The normalized spacial score (nSPS) is 16.3. The molecule has 0 atom stereocenters. The number of amides is 1. The molecule has 1 amide bonds. The van der Waals surface area contributed by atoms with Gasteiger partial charge in [0.25, 0.3) is 5.91 Å². The van der Waals surface area contributed by atoms with Gasteiger partial charge < -0.3 is 4.90 Å². The maximum atomic E-state index is 12.7. The van der Waals surface area contributed by atoms with E-state index in [1.807, 2.05) is 17.9 Å². The average molecular weight is 325 g/mol. The molecule has 0 N–H and O–H groups in total. The summed E-state index contributed by atoms with van der Waals surface area (Å²) in [6, 6.07) is 2.33. The van der Waals surface area contributed by atoms with Gasteiger partial charge in [-0.15, -0.1) is 0 Å². The van der Waals surface area contributed by atoms with Gasteiger partial charge >= 0.3 is 0 Å². The van der Waals surface area contributed by atoms with Crippen LogP contribution in [0.15, 0.2) is 18.5 Å². The van der Waals surface area contributed by atoms with E-state index in [-0.39, 0.29) is 5.91 Å². The summed E-state index contributed by atoms with van der Waals surface area (Å²) in [6.45, 7) is 2.75. The second kappa shape index (κ2) is 7.04. The Balaban J connectivity index is 2.15. The smallest absolute Gasteiger partial charge is 0.255 e. The Hall–Kier alpha value is -0.900. The number of rotatable bonds is 4. The largest absolute Gasteiger partial charge is 0.335 e. The molecule has 1 fully saturated rings. The third kappa shape index (κ3) is 3.78. The van der Waals surface area contributed by atoms with Crippen LogP contribution in [0.5, 0.6) is 0 Å². The molecule has 0 spiro atoms. The molecule has 1 aromatic rings. The molecule has 2 rings (SSSR count). The van der Waals surface area contributed by atoms with Gasteiger partial charge in [0.05, 0.1) is 5.56 Å². The molecular weight excluding hydrogens is 304 g/mol. The number of carbonyl (C=O) groups excluding carboxylic acids is 1. The van der Waals surface area contributed by atoms with Crippen LogP contribution >= 0.6 is 15.9 Å². The second-order valence-electron chi connectivity index (χ2n) is 5.23. The third-order valence-corrected chi connectivity index (χ3v) is 4.08. The van der Waals surface area contributed by atoms with Gasteiger partial charge in [0.1, 0.15) is 0 Å². The molecule has 0 radical (unpaired) electrons. The molecule has 1 aliphatic rings. The van der Waals surface area contributed by atoms with E-state index in [9.17, 15) is 4.79 Å². The summed E-state index contributed by atoms with van der Waals surface area (Å²) in [5, 5.41) is 0.828. The van der Waals surface area contributed by atoms with Crippen molar-refractivity contribution >= 4 is 21.8 Å². The zero-order valence-electron chi connectivity index (χ0n) is 11.4. The minimum Gasteiger partial charge on any atom is -0.335 e. The molecule has 19 heavy (non-hydrogen) atoms. The molecule has 0 bridgehead atoms. The standard InChI is InChI=1S/C15H21BrN2O/c1-12-9-13(11-17-10-12)15(19)18(8-7-16)14-5-3-2-4-6-14/h9-11,14H,2-8H2,1H3. The highest BCUT2D eigenvalue weighted by Crippen LogP contribution is 2.24. The summed E-state index contributed by atoms with van der Waals surface area (Å²) in [5.74, 6) is 0.127. The number of aromatic nitrogens is 1. The van der Waals surface area contributed by atoms with Crippen molar-refractivity contribution in [3.63, 3.8) is 0 Å². The van der Waals surface area contributed by atoms with Gasteiger partial charge in [-0.25, -0.2) is 0 Å². The van der Waals surface area contributed by atoms with E-state index in [1.54, 1.807) is 12.4 Å². The fourth-order valence-corrected chi connectivity index (χ4v) is 3.15. The fraction of sp³-hybridized carbons (Fsp3) is 0.600. The molecule has 0 aromatic carbocycles. The van der Waals surface area contributed by atoms with Gasteiger partial charge in [-0.1, -0.05) is 35.2 Å². The molecule has 4 heteroatoms. The van der Waals surface area contributed by atoms with E-state index >= 15 is 0 Å². The predicted molar refractivity (Wildman–Crippen MR) is 80.7 cm³/mol. The molecule has 1 aromatic heterocycles. The number of pyridine rings is 1. The third-order valence-electron chi connectivity index (χ3n) is 3.72. The molecule has 0 unspecified atom stereocenters. The summed E-state index contributed by atoms with van der Waals surface area (Å²) in [4.78, 5) is 18.8. The quantitative estimate of drug-likeness (QED) is 0.793. The van der Waals surface area contributed by atoms with Gasteiger partial charge in [0.15, 0.2) is 0 Å². The lowest BCUT2D eigenvalue weighted by Crippen LogP contribution is -2.42. The highest BCUT2D eigenvalue weighted by molar-refractivity contribution is 9.09. The van der Waals surface area contributed by atoms with Crippen LogP contribution in [0.3, 0.4) is 0 Å². The van der Waals surface area contributed by atoms with Crippen LogP contribution in [0.2, 0.25) is 0 Å². The summed E-state index contributed by atoms with van der Waals surface area (Å²) in [7, 11) is 0. The number of halogens is 1. The Bertz CT molecular complexity index is 430. The Morgan fingerprint density at radius 1 is 1.37 bits per heavy atom. The van der Waals surface area contributed by atoms with Crippen molar-refractivity contribution in [1.82, 2.24) is 9.88 Å². The highest BCUT2D eigenvalue weighted by Gasteiger charge is 2.25. The van der Waals surface area contributed by atoms with Crippen LogP contribution in [0.1, 0.15) is 48.0 Å². The first-order valence-corrected chi connectivity index (χ1v) is 8.13. The number of aryl methyl sites for hydroxylation is 1. The van der Waals surface area contributed by atoms with Crippen LogP contribution in [-0.4, -0.2) is 33.7 Å². The summed E-state index contributed by atoms with van der Waals surface area (Å²) in [6.07, 6.45) is 9.52. The summed E-state index contributed by atoms with van der Waals surface area (Å²) < 4.78 is 0.